The SMILES string of the molecule is C=CC(=O)N[C@H]1Cn2c(c(-c3cnc4ccccc4c3)c3c(N)ncnc32)-c2cc(F)ccc21. The molecule has 0 bridgehead atoms. The largest absolute Gasteiger partial charge is 0.383 e. The highest BCUT2D eigenvalue weighted by Gasteiger charge is 2.32. The molecule has 3 N–H and O–H groups in total. The fourth-order valence-corrected chi connectivity index (χ4v) is 4.81. The van der Waals surface area contributed by atoms with Crippen molar-refractivity contribution in [1.82, 2.24) is 24.8 Å². The van der Waals surface area contributed by atoms with Crippen LogP contribution in [0.3, 0.4) is 0 Å². The molecule has 166 valence electrons. The van der Waals surface area contributed by atoms with Crippen molar-refractivity contribution in [2.45, 2.75) is 12.6 Å². The number of carbonyl (C=O) groups is 1. The van der Waals surface area contributed by atoms with Gasteiger partial charge in [0.05, 0.1) is 22.6 Å². The molecular formula is C26H19FN6O. The molecular weight excluding hydrogens is 431 g/mol. The molecule has 5 aromatic rings. The number of nitrogens with two attached hydrogens (primary N) is 1. The zero-order valence-corrected chi connectivity index (χ0v) is 18.0. The van der Waals surface area contributed by atoms with Crippen LogP contribution in [0.4, 0.5) is 10.2 Å². The number of nitrogens with zero attached hydrogens (tertiary/aromatic N) is 4. The summed E-state index contributed by atoms with van der Waals surface area (Å²) in [6, 6.07) is 14.0. The molecule has 2 aromatic carbocycles. The number of hydrogen-bond acceptors (Lipinski definition) is 5. The number of anilines is 1. The number of fused-ring (bicyclic) bond motifs is 6. The minimum Gasteiger partial charge on any atom is -0.383 e. The van der Waals surface area contributed by atoms with Crippen molar-refractivity contribution in [2.24, 2.45) is 0 Å². The Labute approximate surface area is 193 Å². The molecule has 1 atom stereocenters. The van der Waals surface area contributed by atoms with Crippen LogP contribution in [0.2, 0.25) is 0 Å². The molecule has 0 saturated heterocycles. The van der Waals surface area contributed by atoms with Crippen LogP contribution in [-0.4, -0.2) is 25.4 Å². The van der Waals surface area contributed by atoms with Gasteiger partial charge in [0.25, 0.3) is 0 Å². The second kappa shape index (κ2) is 7.48. The fraction of sp³-hybridized carbons (Fsp3) is 0.0769. The van der Waals surface area contributed by atoms with E-state index >= 15 is 0 Å². The maximum absolute atomic E-state index is 14.5. The summed E-state index contributed by atoms with van der Waals surface area (Å²) in [5.74, 6) is -0.374. The number of aromatic nitrogens is 4. The van der Waals surface area contributed by atoms with E-state index in [4.69, 9.17) is 5.73 Å². The lowest BCUT2D eigenvalue weighted by atomic mass is 9.90. The molecule has 6 rings (SSSR count). The maximum atomic E-state index is 14.5. The van der Waals surface area contributed by atoms with E-state index in [1.54, 1.807) is 12.3 Å². The van der Waals surface area contributed by atoms with Crippen LogP contribution in [-0.2, 0) is 11.3 Å². The number of benzene rings is 2. The van der Waals surface area contributed by atoms with Crippen molar-refractivity contribution >= 4 is 33.7 Å². The maximum Gasteiger partial charge on any atom is 0.243 e. The first-order chi connectivity index (χ1) is 16.5. The average Bonchev–Trinajstić information content (AvgIpc) is 3.19. The monoisotopic (exact) mass is 450 g/mol. The molecule has 0 radical (unpaired) electrons. The van der Waals surface area contributed by atoms with Gasteiger partial charge in [0.2, 0.25) is 5.91 Å². The summed E-state index contributed by atoms with van der Waals surface area (Å²) in [7, 11) is 0. The summed E-state index contributed by atoms with van der Waals surface area (Å²) in [4.78, 5) is 25.5. The van der Waals surface area contributed by atoms with Crippen LogP contribution in [0.5, 0.6) is 0 Å². The molecule has 1 aliphatic heterocycles. The number of para-hydroxylation sites is 1. The van der Waals surface area contributed by atoms with E-state index in [0.717, 1.165) is 33.3 Å². The first kappa shape index (κ1) is 20.0. The molecule has 0 fully saturated rings. The lowest BCUT2D eigenvalue weighted by Crippen LogP contribution is -2.33. The third-order valence-electron chi connectivity index (χ3n) is 6.26. The average molecular weight is 450 g/mol. The van der Waals surface area contributed by atoms with Crippen molar-refractivity contribution < 1.29 is 9.18 Å². The molecule has 4 heterocycles. The number of hydrogen-bond donors (Lipinski definition) is 2. The Bertz CT molecular complexity index is 1640. The summed E-state index contributed by atoms with van der Waals surface area (Å²) in [5, 5.41) is 4.58. The highest BCUT2D eigenvalue weighted by molar-refractivity contribution is 6.09. The van der Waals surface area contributed by atoms with Crippen LogP contribution in [0.25, 0.3) is 44.3 Å². The molecule has 8 heteroatoms. The number of halogens is 1. The summed E-state index contributed by atoms with van der Waals surface area (Å²) >= 11 is 0. The van der Waals surface area contributed by atoms with Crippen LogP contribution < -0.4 is 11.1 Å². The predicted molar refractivity (Wildman–Crippen MR) is 129 cm³/mol. The van der Waals surface area contributed by atoms with E-state index in [1.807, 2.05) is 34.9 Å². The van der Waals surface area contributed by atoms with Gasteiger partial charge < -0.3 is 15.6 Å². The van der Waals surface area contributed by atoms with E-state index in [-0.39, 0.29) is 11.7 Å². The lowest BCUT2D eigenvalue weighted by molar-refractivity contribution is -0.117. The Morgan fingerprint density at radius 3 is 2.88 bits per heavy atom. The molecule has 34 heavy (non-hydrogen) atoms. The van der Waals surface area contributed by atoms with E-state index in [9.17, 15) is 9.18 Å². The Hall–Kier alpha value is -4.59. The van der Waals surface area contributed by atoms with Crippen molar-refractivity contribution in [1.29, 1.82) is 0 Å². The second-order valence-corrected chi connectivity index (χ2v) is 8.21. The molecule has 0 spiro atoms. The zero-order chi connectivity index (χ0) is 23.4. The highest BCUT2D eigenvalue weighted by atomic mass is 19.1. The topological polar surface area (TPSA) is 98.7 Å². The van der Waals surface area contributed by atoms with Gasteiger partial charge in [0.15, 0.2) is 0 Å². The minimum atomic E-state index is -0.400. The van der Waals surface area contributed by atoms with Crippen molar-refractivity contribution in [3.63, 3.8) is 0 Å². The van der Waals surface area contributed by atoms with E-state index in [1.165, 1.54) is 24.5 Å². The number of amides is 1. The van der Waals surface area contributed by atoms with E-state index < -0.39 is 6.04 Å². The Kier molecular flexibility index (Phi) is 4.41. The van der Waals surface area contributed by atoms with Gasteiger partial charge >= 0.3 is 0 Å². The van der Waals surface area contributed by atoms with Gasteiger partial charge in [0, 0.05) is 34.8 Å². The van der Waals surface area contributed by atoms with Crippen LogP contribution in [0.15, 0.2) is 73.7 Å². The third kappa shape index (κ3) is 2.96. The second-order valence-electron chi connectivity index (χ2n) is 8.21. The number of nitrogens with one attached hydrogen (secondary N) is 1. The standard InChI is InChI=1S/C26H19FN6O/c1-2-21(34)32-20-12-33-24(18-10-16(27)7-8-17(18)20)22(23-25(28)30-13-31-26(23)33)15-9-14-5-3-4-6-19(14)29-11-15/h2-11,13,20H,1,12H2,(H,32,34)(H2,28,30,31)/t20-/m0/s1. The molecule has 1 amide bonds. The van der Waals surface area contributed by atoms with Crippen molar-refractivity contribution in [3.05, 3.63) is 85.1 Å². The van der Waals surface area contributed by atoms with Crippen LogP contribution in [0, 0.1) is 5.82 Å². The van der Waals surface area contributed by atoms with Crippen molar-refractivity contribution in [3.8, 4) is 22.4 Å². The van der Waals surface area contributed by atoms with Gasteiger partial charge in [-0.05, 0) is 35.9 Å². The first-order valence-corrected chi connectivity index (χ1v) is 10.8. The summed E-state index contributed by atoms with van der Waals surface area (Å²) in [5.41, 5.74) is 11.7. The predicted octanol–water partition coefficient (Wildman–Crippen LogP) is 4.39. The Balaban J connectivity index is 1.70. The minimum absolute atomic E-state index is 0.312. The molecule has 0 aliphatic carbocycles. The molecule has 0 unspecified atom stereocenters. The van der Waals surface area contributed by atoms with Gasteiger partial charge in [-0.25, -0.2) is 14.4 Å². The zero-order valence-electron chi connectivity index (χ0n) is 18.0. The molecule has 1 aliphatic rings. The molecule has 0 saturated carbocycles. The number of carbonyl (C=O) groups excluding carboxylic acids is 1. The fourth-order valence-electron chi connectivity index (χ4n) is 4.81. The first-order valence-electron chi connectivity index (χ1n) is 10.8. The van der Waals surface area contributed by atoms with Gasteiger partial charge in [0.1, 0.15) is 23.6 Å². The number of rotatable bonds is 3. The van der Waals surface area contributed by atoms with Gasteiger partial charge in [-0.2, -0.15) is 0 Å². The number of pyridine rings is 1. The van der Waals surface area contributed by atoms with Crippen LogP contribution >= 0.6 is 0 Å². The Morgan fingerprint density at radius 1 is 1.18 bits per heavy atom. The van der Waals surface area contributed by atoms with Gasteiger partial charge in [-0.1, -0.05) is 30.8 Å². The third-order valence-corrected chi connectivity index (χ3v) is 6.26. The smallest absolute Gasteiger partial charge is 0.243 e. The summed E-state index contributed by atoms with van der Waals surface area (Å²) < 4.78 is 16.5. The highest BCUT2D eigenvalue weighted by Crippen LogP contribution is 2.47. The lowest BCUT2D eigenvalue weighted by Gasteiger charge is -2.29. The van der Waals surface area contributed by atoms with E-state index in [2.05, 4.69) is 26.8 Å². The van der Waals surface area contributed by atoms with Gasteiger partial charge in [-0.15, -0.1) is 0 Å². The quantitative estimate of drug-likeness (QED) is 0.397. The van der Waals surface area contributed by atoms with Crippen molar-refractivity contribution in [2.75, 3.05) is 5.73 Å². The van der Waals surface area contributed by atoms with E-state index in [0.29, 0.717) is 29.0 Å². The summed E-state index contributed by atoms with van der Waals surface area (Å²) in [6.45, 7) is 3.94. The molecule has 3 aromatic heterocycles. The van der Waals surface area contributed by atoms with Crippen LogP contribution in [0.1, 0.15) is 11.6 Å². The summed E-state index contributed by atoms with van der Waals surface area (Å²) in [6.07, 6.45) is 4.42. The van der Waals surface area contributed by atoms with Gasteiger partial charge in [-0.3, -0.25) is 9.78 Å². The molecule has 7 nitrogen and oxygen atoms in total. The number of nitrogen functional groups attached to an aromatic ring is 1. The Morgan fingerprint density at radius 2 is 2.03 bits per heavy atom. The normalized spacial score (nSPS) is 14.6.